The number of piperazine rings is 1. The van der Waals surface area contributed by atoms with Gasteiger partial charge in [-0.05, 0) is 36.2 Å². The number of carboxylic acids is 1. The maximum Gasteiger partial charge on any atom is 0.303 e. The van der Waals surface area contributed by atoms with Gasteiger partial charge in [0, 0.05) is 38.6 Å². The highest BCUT2D eigenvalue weighted by Crippen LogP contribution is 2.28. The Morgan fingerprint density at radius 3 is 2.18 bits per heavy atom. The molecule has 0 aromatic heterocycles. The maximum atomic E-state index is 13.3. The van der Waals surface area contributed by atoms with E-state index >= 15 is 0 Å². The average molecular weight is 406 g/mol. The van der Waals surface area contributed by atoms with Crippen LogP contribution in [0.25, 0.3) is 0 Å². The Bertz CT molecular complexity index is 896. The number of halogens is 1. The molecule has 1 fully saturated rings. The van der Waals surface area contributed by atoms with E-state index in [1.165, 1.54) is 16.4 Å². The molecule has 6 nitrogen and oxygen atoms in total. The van der Waals surface area contributed by atoms with Gasteiger partial charge in [0.15, 0.2) is 0 Å². The molecule has 28 heavy (non-hydrogen) atoms. The summed E-state index contributed by atoms with van der Waals surface area (Å²) in [5.41, 5.74) is 0.835. The number of rotatable bonds is 7. The molecule has 1 atom stereocenters. The minimum atomic E-state index is -3.54. The number of carbonyl (C=O) groups is 1. The third-order valence-corrected chi connectivity index (χ3v) is 6.89. The van der Waals surface area contributed by atoms with Crippen LogP contribution >= 0.6 is 0 Å². The van der Waals surface area contributed by atoms with Crippen molar-refractivity contribution in [2.45, 2.75) is 23.8 Å². The fourth-order valence-electron chi connectivity index (χ4n) is 3.50. The summed E-state index contributed by atoms with van der Waals surface area (Å²) < 4.78 is 40.3. The number of sulfonamides is 1. The molecular weight excluding hydrogens is 383 g/mol. The van der Waals surface area contributed by atoms with Gasteiger partial charge >= 0.3 is 5.97 Å². The van der Waals surface area contributed by atoms with Gasteiger partial charge in [0.1, 0.15) is 5.82 Å². The van der Waals surface area contributed by atoms with E-state index < -0.39 is 16.0 Å². The van der Waals surface area contributed by atoms with Crippen LogP contribution in [0.3, 0.4) is 0 Å². The molecule has 0 amide bonds. The monoisotopic (exact) mass is 406 g/mol. The molecule has 0 unspecified atom stereocenters. The zero-order chi connectivity index (χ0) is 20.1. The van der Waals surface area contributed by atoms with Gasteiger partial charge in [-0.25, -0.2) is 12.8 Å². The summed E-state index contributed by atoms with van der Waals surface area (Å²) >= 11 is 0. The lowest BCUT2D eigenvalue weighted by atomic mass is 9.99. The SMILES string of the molecule is O=C(O)CC[C@H](c1ccc(F)cc1)N1CCN(S(=O)(=O)c2ccccc2)CC1. The van der Waals surface area contributed by atoms with Crippen molar-refractivity contribution in [3.8, 4) is 0 Å². The highest BCUT2D eigenvalue weighted by Gasteiger charge is 2.31. The van der Waals surface area contributed by atoms with Gasteiger partial charge < -0.3 is 5.11 Å². The topological polar surface area (TPSA) is 77.9 Å². The number of benzene rings is 2. The Labute approximate surface area is 164 Å². The lowest BCUT2D eigenvalue weighted by molar-refractivity contribution is -0.137. The predicted molar refractivity (Wildman–Crippen MR) is 103 cm³/mol. The first-order valence-corrected chi connectivity index (χ1v) is 10.6. The van der Waals surface area contributed by atoms with Crippen molar-refractivity contribution in [2.24, 2.45) is 0 Å². The molecule has 0 bridgehead atoms. The second kappa shape index (κ2) is 8.81. The van der Waals surface area contributed by atoms with Crippen molar-refractivity contribution in [1.29, 1.82) is 0 Å². The Kier molecular flexibility index (Phi) is 6.43. The molecule has 3 rings (SSSR count). The van der Waals surface area contributed by atoms with E-state index in [0.717, 1.165) is 5.56 Å². The van der Waals surface area contributed by atoms with Crippen molar-refractivity contribution in [1.82, 2.24) is 9.21 Å². The van der Waals surface area contributed by atoms with E-state index in [4.69, 9.17) is 5.11 Å². The highest BCUT2D eigenvalue weighted by atomic mass is 32.2. The second-order valence-electron chi connectivity index (χ2n) is 6.75. The van der Waals surface area contributed by atoms with Gasteiger partial charge in [-0.1, -0.05) is 30.3 Å². The number of hydrogen-bond acceptors (Lipinski definition) is 4. The van der Waals surface area contributed by atoms with E-state index in [2.05, 4.69) is 4.90 Å². The molecule has 1 heterocycles. The number of carboxylic acid groups (broad SMARTS) is 1. The van der Waals surface area contributed by atoms with Gasteiger partial charge in [-0.15, -0.1) is 0 Å². The smallest absolute Gasteiger partial charge is 0.303 e. The zero-order valence-corrected chi connectivity index (χ0v) is 16.2. The Morgan fingerprint density at radius 1 is 1.00 bits per heavy atom. The molecule has 0 radical (unpaired) electrons. The van der Waals surface area contributed by atoms with Crippen LogP contribution in [0, 0.1) is 5.82 Å². The third kappa shape index (κ3) is 4.76. The van der Waals surface area contributed by atoms with Crippen LogP contribution in [-0.2, 0) is 14.8 Å². The molecule has 1 saturated heterocycles. The summed E-state index contributed by atoms with van der Waals surface area (Å²) in [5, 5.41) is 9.06. The lowest BCUT2D eigenvalue weighted by Gasteiger charge is -2.39. The second-order valence-corrected chi connectivity index (χ2v) is 8.69. The van der Waals surface area contributed by atoms with Crippen molar-refractivity contribution >= 4 is 16.0 Å². The van der Waals surface area contributed by atoms with Gasteiger partial charge in [0.05, 0.1) is 4.90 Å². The molecule has 2 aromatic rings. The molecule has 0 aliphatic carbocycles. The van der Waals surface area contributed by atoms with E-state index in [0.29, 0.717) is 32.6 Å². The van der Waals surface area contributed by atoms with Crippen LogP contribution in [-0.4, -0.2) is 54.9 Å². The molecule has 1 N–H and O–H groups in total. The first-order chi connectivity index (χ1) is 13.4. The lowest BCUT2D eigenvalue weighted by Crippen LogP contribution is -2.49. The fraction of sp³-hybridized carbons (Fsp3) is 0.350. The van der Waals surface area contributed by atoms with Crippen LogP contribution < -0.4 is 0 Å². The van der Waals surface area contributed by atoms with E-state index in [1.807, 2.05) is 0 Å². The van der Waals surface area contributed by atoms with E-state index in [9.17, 15) is 17.6 Å². The predicted octanol–water partition coefficient (Wildman–Crippen LogP) is 2.74. The van der Waals surface area contributed by atoms with Gasteiger partial charge in [-0.2, -0.15) is 4.31 Å². The fourth-order valence-corrected chi connectivity index (χ4v) is 4.95. The summed E-state index contributed by atoms with van der Waals surface area (Å²) in [6.45, 7) is 1.60. The van der Waals surface area contributed by atoms with Gasteiger partial charge in [0.25, 0.3) is 0 Å². The Balaban J connectivity index is 1.72. The summed E-state index contributed by atoms with van der Waals surface area (Å²) in [4.78, 5) is 13.4. The molecule has 1 aliphatic rings. The van der Waals surface area contributed by atoms with Crippen LogP contribution in [0.4, 0.5) is 4.39 Å². The summed E-state index contributed by atoms with van der Waals surface area (Å²) in [6, 6.07) is 14.2. The molecule has 1 aliphatic heterocycles. The third-order valence-electron chi connectivity index (χ3n) is 4.98. The van der Waals surface area contributed by atoms with Crippen molar-refractivity contribution < 1.29 is 22.7 Å². The van der Waals surface area contributed by atoms with E-state index in [1.54, 1.807) is 42.5 Å². The van der Waals surface area contributed by atoms with Crippen LogP contribution in [0.1, 0.15) is 24.4 Å². The normalized spacial score (nSPS) is 17.3. The largest absolute Gasteiger partial charge is 0.481 e. The van der Waals surface area contributed by atoms with Crippen molar-refractivity contribution in [3.05, 3.63) is 66.0 Å². The van der Waals surface area contributed by atoms with Crippen LogP contribution in [0.2, 0.25) is 0 Å². The molecular formula is C20H23FN2O4S. The standard InChI is InChI=1S/C20H23FN2O4S/c21-17-8-6-16(7-9-17)19(10-11-20(24)25)22-12-14-23(15-13-22)28(26,27)18-4-2-1-3-5-18/h1-9,19H,10-15H2,(H,24,25)/t19-/m1/s1. The first-order valence-electron chi connectivity index (χ1n) is 9.14. The first kappa shape index (κ1) is 20.4. The summed E-state index contributed by atoms with van der Waals surface area (Å²) in [7, 11) is -3.54. The van der Waals surface area contributed by atoms with Gasteiger partial charge in [0.2, 0.25) is 10.0 Å². The molecule has 8 heteroatoms. The number of nitrogens with zero attached hydrogens (tertiary/aromatic N) is 2. The number of hydrogen-bond donors (Lipinski definition) is 1. The summed E-state index contributed by atoms with van der Waals surface area (Å²) in [5.74, 6) is -1.24. The summed E-state index contributed by atoms with van der Waals surface area (Å²) in [6.07, 6.45) is 0.372. The zero-order valence-electron chi connectivity index (χ0n) is 15.4. The van der Waals surface area contributed by atoms with Crippen LogP contribution in [0.15, 0.2) is 59.5 Å². The molecule has 0 spiro atoms. The molecule has 2 aromatic carbocycles. The van der Waals surface area contributed by atoms with Crippen molar-refractivity contribution in [3.63, 3.8) is 0 Å². The quantitative estimate of drug-likeness (QED) is 0.765. The average Bonchev–Trinajstić information content (AvgIpc) is 2.70. The highest BCUT2D eigenvalue weighted by molar-refractivity contribution is 7.89. The Hall–Kier alpha value is -2.29. The maximum absolute atomic E-state index is 13.3. The molecule has 0 saturated carbocycles. The van der Waals surface area contributed by atoms with Gasteiger partial charge in [-0.3, -0.25) is 9.69 Å². The minimum Gasteiger partial charge on any atom is -0.481 e. The van der Waals surface area contributed by atoms with Crippen LogP contribution in [0.5, 0.6) is 0 Å². The number of aliphatic carboxylic acids is 1. The van der Waals surface area contributed by atoms with E-state index in [-0.39, 0.29) is 23.2 Å². The minimum absolute atomic E-state index is 0.00935. The Morgan fingerprint density at radius 2 is 1.61 bits per heavy atom. The van der Waals surface area contributed by atoms with Crippen molar-refractivity contribution in [2.75, 3.05) is 26.2 Å². The molecule has 150 valence electrons.